The number of amides is 1. The number of ether oxygens (including phenoxy) is 3. The summed E-state index contributed by atoms with van der Waals surface area (Å²) in [6.45, 7) is 7.68. The Hall–Kier alpha value is -2.48. The monoisotopic (exact) mass is 453 g/mol. The summed E-state index contributed by atoms with van der Waals surface area (Å²) in [5.74, 6) is -1.79. The zero-order valence-electron chi connectivity index (χ0n) is 19.8. The number of halogens is 1. The number of hydrogen-bond acceptors (Lipinski definition) is 6. The maximum atomic E-state index is 13.0. The van der Waals surface area contributed by atoms with Crippen LogP contribution < -0.4 is 0 Å². The lowest BCUT2D eigenvalue weighted by atomic mass is 9.97. The molecule has 1 aromatic carbocycles. The third kappa shape index (κ3) is 10.2. The standard InChI is InChI=1S/C24H36FNO6/c1-6-18(2)22(23(29)31-16-19-10-8-7-9-11-19)26(20(27)17-30-15-13-25)14-12-21(28)32-24(3,4)5/h7-11,18,22H,6,12-17H2,1-5H3. The molecule has 8 heteroatoms. The van der Waals surface area contributed by atoms with Crippen molar-refractivity contribution in [3.63, 3.8) is 0 Å². The van der Waals surface area contributed by atoms with Crippen molar-refractivity contribution in [1.82, 2.24) is 4.90 Å². The highest BCUT2D eigenvalue weighted by Crippen LogP contribution is 2.19. The molecular weight excluding hydrogens is 417 g/mol. The van der Waals surface area contributed by atoms with Crippen LogP contribution in [0.2, 0.25) is 0 Å². The van der Waals surface area contributed by atoms with Crippen LogP contribution >= 0.6 is 0 Å². The molecule has 1 aromatic rings. The molecule has 0 radical (unpaired) electrons. The van der Waals surface area contributed by atoms with Gasteiger partial charge in [0.15, 0.2) is 0 Å². The first-order valence-corrected chi connectivity index (χ1v) is 10.9. The predicted molar refractivity (Wildman–Crippen MR) is 118 cm³/mol. The Balaban J connectivity index is 3.00. The van der Waals surface area contributed by atoms with Crippen LogP contribution in [0.5, 0.6) is 0 Å². The first kappa shape index (κ1) is 27.6. The van der Waals surface area contributed by atoms with Gasteiger partial charge in [0, 0.05) is 6.54 Å². The lowest BCUT2D eigenvalue weighted by molar-refractivity contribution is -0.163. The number of alkyl halides is 1. The molecule has 0 spiro atoms. The molecular formula is C24H36FNO6. The molecule has 0 aromatic heterocycles. The second kappa shape index (κ2) is 13.8. The minimum absolute atomic E-state index is 0.0395. The molecule has 2 atom stereocenters. The number of hydrogen-bond donors (Lipinski definition) is 0. The average Bonchev–Trinajstić information content (AvgIpc) is 2.74. The second-order valence-corrected chi connectivity index (χ2v) is 8.59. The van der Waals surface area contributed by atoms with Gasteiger partial charge in [0.2, 0.25) is 5.91 Å². The van der Waals surface area contributed by atoms with Crippen LogP contribution in [0.4, 0.5) is 4.39 Å². The quantitative estimate of drug-likeness (QED) is 0.335. The molecule has 2 unspecified atom stereocenters. The first-order chi connectivity index (χ1) is 15.1. The highest BCUT2D eigenvalue weighted by atomic mass is 19.1. The van der Waals surface area contributed by atoms with E-state index in [0.717, 1.165) is 5.56 Å². The number of benzene rings is 1. The largest absolute Gasteiger partial charge is 0.460 e. The number of carbonyl (C=O) groups excluding carboxylic acids is 3. The molecule has 0 saturated carbocycles. The van der Waals surface area contributed by atoms with E-state index in [2.05, 4.69) is 0 Å². The molecule has 1 amide bonds. The van der Waals surface area contributed by atoms with Gasteiger partial charge in [-0.15, -0.1) is 0 Å². The lowest BCUT2D eigenvalue weighted by Gasteiger charge is -2.34. The van der Waals surface area contributed by atoms with Crippen molar-refractivity contribution in [2.24, 2.45) is 5.92 Å². The Morgan fingerprint density at radius 1 is 1.12 bits per heavy atom. The van der Waals surface area contributed by atoms with Gasteiger partial charge in [0.25, 0.3) is 0 Å². The molecule has 0 heterocycles. The van der Waals surface area contributed by atoms with E-state index in [0.29, 0.717) is 6.42 Å². The molecule has 0 aliphatic carbocycles. The van der Waals surface area contributed by atoms with Crippen molar-refractivity contribution in [1.29, 1.82) is 0 Å². The topological polar surface area (TPSA) is 82.1 Å². The SMILES string of the molecule is CCC(C)C(C(=O)OCc1ccccc1)N(CCC(=O)OC(C)(C)C)C(=O)COCCF. The summed E-state index contributed by atoms with van der Waals surface area (Å²) >= 11 is 0. The van der Waals surface area contributed by atoms with E-state index in [9.17, 15) is 18.8 Å². The van der Waals surface area contributed by atoms with Gasteiger partial charge < -0.3 is 19.1 Å². The fraction of sp³-hybridized carbons (Fsp3) is 0.625. The Morgan fingerprint density at radius 3 is 2.34 bits per heavy atom. The second-order valence-electron chi connectivity index (χ2n) is 8.59. The van der Waals surface area contributed by atoms with Crippen LogP contribution in [0.1, 0.15) is 53.0 Å². The Bertz CT molecular complexity index is 719. The van der Waals surface area contributed by atoms with E-state index in [1.54, 1.807) is 20.8 Å². The molecule has 7 nitrogen and oxygen atoms in total. The molecule has 0 N–H and O–H groups in total. The third-order valence-corrected chi connectivity index (χ3v) is 4.73. The Labute approximate surface area is 190 Å². The fourth-order valence-corrected chi connectivity index (χ4v) is 3.02. The highest BCUT2D eigenvalue weighted by Gasteiger charge is 2.35. The summed E-state index contributed by atoms with van der Waals surface area (Å²) < 4.78 is 28.3. The van der Waals surface area contributed by atoms with Crippen LogP contribution in [-0.4, -0.2) is 60.8 Å². The van der Waals surface area contributed by atoms with Crippen molar-refractivity contribution >= 4 is 17.8 Å². The van der Waals surface area contributed by atoms with Crippen molar-refractivity contribution in [3.8, 4) is 0 Å². The summed E-state index contributed by atoms with van der Waals surface area (Å²) in [6, 6.07) is 8.31. The molecule has 0 aliphatic rings. The van der Waals surface area contributed by atoms with Crippen molar-refractivity contribution < 1.29 is 33.0 Å². The minimum Gasteiger partial charge on any atom is -0.460 e. The first-order valence-electron chi connectivity index (χ1n) is 10.9. The van der Waals surface area contributed by atoms with Crippen molar-refractivity contribution in [2.45, 2.75) is 65.7 Å². The maximum Gasteiger partial charge on any atom is 0.329 e. The van der Waals surface area contributed by atoms with Gasteiger partial charge in [-0.1, -0.05) is 50.6 Å². The summed E-state index contributed by atoms with van der Waals surface area (Å²) in [7, 11) is 0. The van der Waals surface area contributed by atoms with E-state index in [1.807, 2.05) is 44.2 Å². The number of carbonyl (C=O) groups is 3. The molecule has 0 bridgehead atoms. The fourth-order valence-electron chi connectivity index (χ4n) is 3.02. The normalized spacial score (nSPS) is 13.2. The highest BCUT2D eigenvalue weighted by molar-refractivity contribution is 5.86. The van der Waals surface area contributed by atoms with Gasteiger partial charge in [-0.3, -0.25) is 9.59 Å². The van der Waals surface area contributed by atoms with Gasteiger partial charge in [-0.25, -0.2) is 9.18 Å². The van der Waals surface area contributed by atoms with E-state index in [-0.39, 0.29) is 32.1 Å². The van der Waals surface area contributed by atoms with Gasteiger partial charge in [-0.05, 0) is 32.3 Å². The number of esters is 2. The zero-order chi connectivity index (χ0) is 24.1. The van der Waals surface area contributed by atoms with E-state index < -0.39 is 42.8 Å². The molecule has 0 saturated heterocycles. The van der Waals surface area contributed by atoms with Crippen LogP contribution in [0, 0.1) is 5.92 Å². The maximum absolute atomic E-state index is 13.0. The van der Waals surface area contributed by atoms with Crippen molar-refractivity contribution in [2.75, 3.05) is 26.4 Å². The molecule has 1 rings (SSSR count). The zero-order valence-corrected chi connectivity index (χ0v) is 19.8. The van der Waals surface area contributed by atoms with Gasteiger partial charge in [0.1, 0.15) is 31.5 Å². The molecule has 0 fully saturated rings. The summed E-state index contributed by atoms with van der Waals surface area (Å²) in [6.07, 6.45) is 0.512. The van der Waals surface area contributed by atoms with Crippen molar-refractivity contribution in [3.05, 3.63) is 35.9 Å². The predicted octanol–water partition coefficient (Wildman–Crippen LogP) is 3.69. The van der Waals surface area contributed by atoms with E-state index in [4.69, 9.17) is 14.2 Å². The number of nitrogens with zero attached hydrogens (tertiary/aromatic N) is 1. The van der Waals surface area contributed by atoms with Gasteiger partial charge in [-0.2, -0.15) is 0 Å². The molecule has 180 valence electrons. The Kier molecular flexibility index (Phi) is 11.9. The molecule has 32 heavy (non-hydrogen) atoms. The third-order valence-electron chi connectivity index (χ3n) is 4.73. The van der Waals surface area contributed by atoms with Crippen LogP contribution in [0.3, 0.4) is 0 Å². The summed E-state index contributed by atoms with van der Waals surface area (Å²) in [5, 5.41) is 0. The lowest BCUT2D eigenvalue weighted by Crippen LogP contribution is -2.51. The van der Waals surface area contributed by atoms with Crippen LogP contribution in [0.15, 0.2) is 30.3 Å². The minimum atomic E-state index is -0.910. The Morgan fingerprint density at radius 2 is 1.78 bits per heavy atom. The summed E-state index contributed by atoms with van der Waals surface area (Å²) in [5.41, 5.74) is 0.155. The average molecular weight is 454 g/mol. The summed E-state index contributed by atoms with van der Waals surface area (Å²) in [4.78, 5) is 39.4. The van der Waals surface area contributed by atoms with Gasteiger partial charge in [0.05, 0.1) is 13.0 Å². The van der Waals surface area contributed by atoms with E-state index >= 15 is 0 Å². The van der Waals surface area contributed by atoms with E-state index in [1.165, 1.54) is 4.90 Å². The van der Waals surface area contributed by atoms with Crippen LogP contribution in [0.25, 0.3) is 0 Å². The van der Waals surface area contributed by atoms with Gasteiger partial charge >= 0.3 is 11.9 Å². The molecule has 0 aliphatic heterocycles. The smallest absolute Gasteiger partial charge is 0.329 e. The number of rotatable bonds is 13. The van der Waals surface area contributed by atoms with Crippen LogP contribution in [-0.2, 0) is 35.2 Å².